The zero-order valence-electron chi connectivity index (χ0n) is 22.0. The predicted octanol–water partition coefficient (Wildman–Crippen LogP) is -6.53. The average Bonchev–Trinajstić information content (AvgIpc) is 2.58. The van der Waals surface area contributed by atoms with Crippen molar-refractivity contribution in [2.24, 2.45) is 0 Å². The molecule has 0 rings (SSSR count). The Morgan fingerprint density at radius 1 is 0.259 bits per heavy atom. The average molecular weight is 1880 g/mol. The van der Waals surface area contributed by atoms with Crippen LogP contribution in [-0.4, -0.2) is 0 Å². The molecule has 40 nitrogen and oxygen atoms in total. The van der Waals surface area contributed by atoms with Crippen molar-refractivity contribution in [2.75, 3.05) is 0 Å². The van der Waals surface area contributed by atoms with Crippen LogP contribution in [0.15, 0.2) is 0 Å². The second kappa shape index (κ2) is 20.0. The van der Waals surface area contributed by atoms with Crippen molar-refractivity contribution in [3.8, 4) is 0 Å². The van der Waals surface area contributed by atoms with E-state index in [1.165, 1.54) is 0 Å². The molecule has 0 unspecified atom stereocenters. The molecule has 0 spiro atoms. The molecule has 0 aliphatic heterocycles. The fourth-order valence-electron chi connectivity index (χ4n) is 1.40. The summed E-state index contributed by atoms with van der Waals surface area (Å²) in [5.41, 5.74) is 0. The van der Waals surface area contributed by atoms with Gasteiger partial charge in [0.05, 0.1) is 0 Å². The van der Waals surface area contributed by atoms with Crippen molar-refractivity contribution in [3.05, 3.63) is 0 Å². The molecule has 0 aromatic heterocycles. The van der Waals surface area contributed by atoms with Gasteiger partial charge < -0.3 is 0 Å². The first-order valence-corrected chi connectivity index (χ1v) is 49.5. The van der Waals surface area contributed by atoms with Gasteiger partial charge in [0, 0.05) is 17.1 Å². The van der Waals surface area contributed by atoms with E-state index in [0.717, 1.165) is 0 Å². The third-order valence-corrected chi connectivity index (χ3v) is 62.2. The number of rotatable bonds is 24. The molecule has 0 aromatic rings. The Balaban J connectivity index is 0. The van der Waals surface area contributed by atoms with E-state index in [1.54, 1.807) is 0 Å². The Labute approximate surface area is 344 Å². The van der Waals surface area contributed by atoms with Crippen molar-refractivity contribution in [1.29, 1.82) is 0 Å². The molecular weight excluding hydrogens is 1880 g/mol. The van der Waals surface area contributed by atoms with Crippen LogP contribution in [0.4, 0.5) is 0 Å². The van der Waals surface area contributed by atoms with Crippen LogP contribution >= 0.6 is 7.82 Å². The van der Waals surface area contributed by atoms with E-state index < -0.39 is 209 Å². The maximum atomic E-state index is 12.7. The van der Waals surface area contributed by atoms with Gasteiger partial charge in [-0.15, -0.1) is 0 Å². The Morgan fingerprint density at radius 3 is 0.537 bits per heavy atom. The third-order valence-electron chi connectivity index (χ3n) is 2.05. The largest absolute Gasteiger partial charge is 0 e. The minimum atomic E-state index is -8.82. The van der Waals surface area contributed by atoms with Gasteiger partial charge in [0.1, 0.15) is 0 Å². The van der Waals surface area contributed by atoms with Crippen LogP contribution in [0.25, 0.3) is 0 Å². The quantitative estimate of drug-likeness (QED) is 0.0640. The van der Waals surface area contributed by atoms with Gasteiger partial charge in [-0.3, -0.25) is 0 Å². The molecule has 0 aromatic carbocycles. The van der Waals surface area contributed by atoms with Crippen molar-refractivity contribution in [1.82, 2.24) is 0 Å². The number of hydrogen-bond acceptors (Lipinski definition) is 40. The Bertz CT molecular complexity index is 2510. The molecule has 0 saturated heterocycles. The fourth-order valence-corrected chi connectivity index (χ4v) is 60.0. The summed E-state index contributed by atoms with van der Waals surface area (Å²) in [7, 11) is -7.94. The smallest absolute Gasteiger partial charge is 0 e. The molecule has 0 aliphatic carbocycles. The second-order valence-corrected chi connectivity index (χ2v) is 55.7. The van der Waals surface area contributed by atoms with Crippen LogP contribution in [0, 0.1) is 0 Å². The molecule has 0 N–H and O–H groups in total. The van der Waals surface area contributed by atoms with E-state index in [2.05, 4.69) is 27.9 Å². The number of hydrogen-bond donors (Lipinski definition) is 0. The number of phosphoric acid groups is 1. The monoisotopic (exact) mass is 1900 g/mol. The molecule has 0 bridgehead atoms. The van der Waals surface area contributed by atoms with Crippen molar-refractivity contribution in [3.63, 3.8) is 0 Å². The molecule has 0 heterocycles. The van der Waals surface area contributed by atoms with Gasteiger partial charge in [0.2, 0.25) is 0 Å². The van der Waals surface area contributed by atoms with Crippen LogP contribution in [-0.2, 0) is 332 Å². The van der Waals surface area contributed by atoms with Crippen LogP contribution in [0.2, 0.25) is 0 Å². The Hall–Kier alpha value is 3.61. The molecule has 0 radical (unpaired) electrons. The summed E-state index contributed by atoms with van der Waals surface area (Å²) in [5, 5.41) is 0. The van der Waals surface area contributed by atoms with Gasteiger partial charge in [-0.1, -0.05) is 0 Å². The van der Waals surface area contributed by atoms with E-state index in [9.17, 15) is 97.4 Å². The van der Waals surface area contributed by atoms with Crippen molar-refractivity contribution in [2.45, 2.75) is 0 Å². The maximum Gasteiger partial charge on any atom is 0 e. The summed E-state index contributed by atoms with van der Waals surface area (Å²) in [6, 6.07) is 0. The summed E-state index contributed by atoms with van der Waals surface area (Å²) in [4.78, 5) is 0. The van der Waals surface area contributed by atoms with Crippen molar-refractivity contribution >= 4 is 7.82 Å². The predicted molar refractivity (Wildman–Crippen MR) is 37.1 cm³/mol. The van der Waals surface area contributed by atoms with Gasteiger partial charge in [-0.2, -0.15) is 0 Å². The van der Waals surface area contributed by atoms with Gasteiger partial charge >= 0.3 is 334 Å². The minimum Gasteiger partial charge on any atom is 0 e. The molecule has 328 valence electrons. The van der Waals surface area contributed by atoms with Crippen LogP contribution in [0.1, 0.15) is 0 Å². The zero-order chi connectivity index (χ0) is 43.0. The van der Waals surface area contributed by atoms with Crippen LogP contribution < -0.4 is 11.3 Å². The normalized spacial score (nSPS) is 15.3. The molecule has 0 aliphatic rings. The van der Waals surface area contributed by atoms with E-state index in [-0.39, 0.29) is 17.1 Å². The topological polar surface area (TPSA) is 607 Å². The standard InChI is InChI=1S/Fe.12Mo.H3O4P.36O/c;;;;;;;;;;;;;1-5(2,3)4;;;;;;;;;;;;;;;;;;;;;;;;;;;;;;;;;;;;/h;;;;;;;;;;;;;(H3,1,2,3,4);;;;;;;;;;;;;;;;;;;;;;;;;;;;;;;;;;;;/q;;;;;;;;;;3*+1;;;;;;;;;;;;;;;;;;;;;;;;;;;;;;;;;;;3*-1/p-3. The summed E-state index contributed by atoms with van der Waals surface area (Å²) in [6.45, 7) is 0. The Kier molecular flexibility index (Phi) is 22.1. The molecular formula is FeMo12O40P-3. The Morgan fingerprint density at radius 2 is 0.389 bits per heavy atom. The van der Waals surface area contributed by atoms with Crippen molar-refractivity contribution < 1.29 is 343 Å². The summed E-state index contributed by atoms with van der Waals surface area (Å²) in [6.07, 6.45) is 0. The SMILES string of the molecule is O=P([O][Mo](=[O])(=[O])[O][Mo](=[O])(=[O])[O][Mo](=[O])(=[O])[O][Mo](=[O])(=[O])[O-])([O][Mo](=[O])(=[O])[O][Mo](=[O])(=[O])[O][Mo](=[O])(=[O])[O][Mo](=[O])(=[O])[O-])[O][Mo](=[O])(=[O])[O][Mo](=[O])(=[O])[O][Mo](=[O])(=[O])[O][Mo](=[O])(=[O])[O-].[Fe]. The van der Waals surface area contributed by atoms with Gasteiger partial charge in [0.25, 0.3) is 0 Å². The molecule has 54 heteroatoms. The first kappa shape index (κ1) is 59.7. The maximum absolute atomic E-state index is 12.7. The first-order valence-electron chi connectivity index (χ1n) is 8.73. The van der Waals surface area contributed by atoms with Crippen LogP contribution in [0.3, 0.4) is 0 Å². The van der Waals surface area contributed by atoms with E-state index in [4.69, 9.17) is 0 Å². The molecule has 0 fully saturated rings. The summed E-state index contributed by atoms with van der Waals surface area (Å²) >= 11 is -98.5. The fraction of sp³-hybridized carbons (Fsp3) is 0. The summed E-state index contributed by atoms with van der Waals surface area (Å²) < 4.78 is 351. The van der Waals surface area contributed by atoms with Gasteiger partial charge in [0.15, 0.2) is 0 Å². The minimum absolute atomic E-state index is 0. The van der Waals surface area contributed by atoms with Crippen LogP contribution in [0.5, 0.6) is 0 Å². The third kappa shape index (κ3) is 29.0. The van der Waals surface area contributed by atoms with Gasteiger partial charge in [-0.25, -0.2) is 0 Å². The zero-order valence-corrected chi connectivity index (χ0v) is 48.1. The van der Waals surface area contributed by atoms with Gasteiger partial charge in [-0.05, 0) is 0 Å². The first-order chi connectivity index (χ1) is 22.5. The molecule has 0 amide bonds. The molecule has 54 heavy (non-hydrogen) atoms. The molecule has 0 atom stereocenters. The second-order valence-electron chi connectivity index (χ2n) is 6.18. The van der Waals surface area contributed by atoms with E-state index in [0.29, 0.717) is 0 Å². The summed E-state index contributed by atoms with van der Waals surface area (Å²) in [5.74, 6) is 0. The van der Waals surface area contributed by atoms with E-state index >= 15 is 0 Å². The van der Waals surface area contributed by atoms with E-state index in [1.807, 2.05) is 0 Å². The molecule has 0 saturated carbocycles.